The maximum Gasteiger partial charge on any atom is 0.273 e. The predicted molar refractivity (Wildman–Crippen MR) is 87.3 cm³/mol. The summed E-state index contributed by atoms with van der Waals surface area (Å²) in [6, 6.07) is 0. The average Bonchev–Trinajstić information content (AvgIpc) is 3.01. The summed E-state index contributed by atoms with van der Waals surface area (Å²) < 4.78 is 3.38. The number of aryl methyl sites for hydroxylation is 3. The highest BCUT2D eigenvalue weighted by molar-refractivity contribution is 6.33. The highest BCUT2D eigenvalue weighted by Crippen LogP contribution is 2.18. The van der Waals surface area contributed by atoms with Crippen LogP contribution in [-0.2, 0) is 20.6 Å². The molecular formula is C15H21ClN6O. The standard InChI is InChI=1S/C15H21ClN6O/c1-11-12(9-19(2)18-11)10-21-4-6-22(7-5-21)15(23)14-13(16)8-17-20(14)3/h8-9H,4-7,10H2,1-3H3. The first-order valence-corrected chi connectivity index (χ1v) is 8.01. The molecule has 3 rings (SSSR count). The van der Waals surface area contributed by atoms with Gasteiger partial charge in [0.2, 0.25) is 0 Å². The van der Waals surface area contributed by atoms with Crippen molar-refractivity contribution in [3.05, 3.63) is 34.4 Å². The second-order valence-electron chi connectivity index (χ2n) is 5.95. The highest BCUT2D eigenvalue weighted by Gasteiger charge is 2.26. The lowest BCUT2D eigenvalue weighted by Crippen LogP contribution is -2.48. The van der Waals surface area contributed by atoms with Gasteiger partial charge in [0, 0.05) is 58.6 Å². The largest absolute Gasteiger partial charge is 0.335 e. The van der Waals surface area contributed by atoms with Crippen LogP contribution in [0.2, 0.25) is 5.02 Å². The Kier molecular flexibility index (Phi) is 4.41. The third-order valence-electron chi connectivity index (χ3n) is 4.27. The van der Waals surface area contributed by atoms with Crippen molar-refractivity contribution in [3.8, 4) is 0 Å². The van der Waals surface area contributed by atoms with Crippen molar-refractivity contribution >= 4 is 17.5 Å². The normalized spacial score (nSPS) is 16.1. The molecule has 0 bridgehead atoms. The number of hydrogen-bond acceptors (Lipinski definition) is 4. The number of carbonyl (C=O) groups excluding carboxylic acids is 1. The van der Waals surface area contributed by atoms with Crippen molar-refractivity contribution in [3.63, 3.8) is 0 Å². The molecule has 8 heteroatoms. The molecule has 23 heavy (non-hydrogen) atoms. The molecule has 1 saturated heterocycles. The summed E-state index contributed by atoms with van der Waals surface area (Å²) in [6.07, 6.45) is 3.57. The number of nitrogens with zero attached hydrogens (tertiary/aromatic N) is 6. The van der Waals surface area contributed by atoms with E-state index in [-0.39, 0.29) is 5.91 Å². The van der Waals surface area contributed by atoms with Crippen LogP contribution >= 0.6 is 11.6 Å². The highest BCUT2D eigenvalue weighted by atomic mass is 35.5. The zero-order valence-electron chi connectivity index (χ0n) is 13.7. The topological polar surface area (TPSA) is 59.2 Å². The van der Waals surface area contributed by atoms with Crippen molar-refractivity contribution < 1.29 is 4.79 Å². The molecule has 1 aliphatic rings. The van der Waals surface area contributed by atoms with E-state index in [2.05, 4.69) is 21.3 Å². The van der Waals surface area contributed by atoms with Gasteiger partial charge in [-0.1, -0.05) is 11.6 Å². The van der Waals surface area contributed by atoms with E-state index in [0.29, 0.717) is 23.8 Å². The van der Waals surface area contributed by atoms with E-state index < -0.39 is 0 Å². The first kappa shape index (κ1) is 16.0. The van der Waals surface area contributed by atoms with Gasteiger partial charge in [0.1, 0.15) is 5.69 Å². The Morgan fingerprint density at radius 3 is 2.48 bits per heavy atom. The fraction of sp³-hybridized carbons (Fsp3) is 0.533. The third kappa shape index (κ3) is 3.25. The summed E-state index contributed by atoms with van der Waals surface area (Å²) in [5, 5.41) is 8.81. The van der Waals surface area contributed by atoms with Crippen LogP contribution in [0, 0.1) is 6.92 Å². The van der Waals surface area contributed by atoms with E-state index in [1.54, 1.807) is 7.05 Å². The molecule has 2 aromatic rings. The summed E-state index contributed by atoms with van der Waals surface area (Å²) >= 11 is 6.06. The molecule has 1 aliphatic heterocycles. The van der Waals surface area contributed by atoms with E-state index >= 15 is 0 Å². The summed E-state index contributed by atoms with van der Waals surface area (Å²) in [4.78, 5) is 16.8. The maximum atomic E-state index is 12.6. The van der Waals surface area contributed by atoms with Gasteiger partial charge in [0.15, 0.2) is 0 Å². The zero-order valence-corrected chi connectivity index (χ0v) is 14.4. The van der Waals surface area contributed by atoms with Gasteiger partial charge >= 0.3 is 0 Å². The van der Waals surface area contributed by atoms with Gasteiger partial charge in [0.05, 0.1) is 16.9 Å². The molecule has 0 spiro atoms. The fourth-order valence-corrected chi connectivity index (χ4v) is 3.20. The number of amides is 1. The zero-order chi connectivity index (χ0) is 16.6. The quantitative estimate of drug-likeness (QED) is 0.841. The van der Waals surface area contributed by atoms with Gasteiger partial charge in [-0.25, -0.2) is 0 Å². The summed E-state index contributed by atoms with van der Waals surface area (Å²) in [5.41, 5.74) is 2.76. The minimum absolute atomic E-state index is 0.0489. The Bertz CT molecular complexity index is 694. The maximum absolute atomic E-state index is 12.6. The van der Waals surface area contributed by atoms with Gasteiger partial charge in [-0.2, -0.15) is 10.2 Å². The van der Waals surface area contributed by atoms with Crippen LogP contribution in [0.1, 0.15) is 21.7 Å². The summed E-state index contributed by atoms with van der Waals surface area (Å²) in [7, 11) is 3.67. The number of piperazine rings is 1. The molecule has 0 radical (unpaired) electrons. The van der Waals surface area contributed by atoms with Crippen molar-refractivity contribution in [2.45, 2.75) is 13.5 Å². The molecule has 0 aliphatic carbocycles. The van der Waals surface area contributed by atoms with E-state index in [1.165, 1.54) is 16.4 Å². The lowest BCUT2D eigenvalue weighted by molar-refractivity contribution is 0.0617. The van der Waals surface area contributed by atoms with Crippen LogP contribution in [0.3, 0.4) is 0 Å². The Hall–Kier alpha value is -1.86. The van der Waals surface area contributed by atoms with Crippen LogP contribution in [0.4, 0.5) is 0 Å². The van der Waals surface area contributed by atoms with E-state index in [9.17, 15) is 4.79 Å². The summed E-state index contributed by atoms with van der Waals surface area (Å²) in [5.74, 6) is -0.0489. The number of rotatable bonds is 3. The Morgan fingerprint density at radius 1 is 1.26 bits per heavy atom. The second-order valence-corrected chi connectivity index (χ2v) is 6.35. The number of carbonyl (C=O) groups is 1. The Morgan fingerprint density at radius 2 is 1.96 bits per heavy atom. The SMILES string of the molecule is Cc1nn(C)cc1CN1CCN(C(=O)c2c(Cl)cnn2C)CC1. The molecule has 0 saturated carbocycles. The van der Waals surface area contributed by atoms with Gasteiger partial charge < -0.3 is 4.90 Å². The molecule has 0 unspecified atom stereocenters. The van der Waals surface area contributed by atoms with Gasteiger partial charge in [-0.05, 0) is 6.92 Å². The van der Waals surface area contributed by atoms with Crippen LogP contribution in [0.5, 0.6) is 0 Å². The molecule has 0 N–H and O–H groups in total. The molecule has 3 heterocycles. The average molecular weight is 337 g/mol. The van der Waals surface area contributed by atoms with E-state index in [4.69, 9.17) is 11.6 Å². The second kappa shape index (κ2) is 6.33. The lowest BCUT2D eigenvalue weighted by Gasteiger charge is -2.34. The Balaban J connectivity index is 1.60. The minimum atomic E-state index is -0.0489. The van der Waals surface area contributed by atoms with Crippen molar-refractivity contribution in [1.29, 1.82) is 0 Å². The molecule has 0 aromatic carbocycles. The van der Waals surface area contributed by atoms with Gasteiger partial charge in [-0.15, -0.1) is 0 Å². The summed E-state index contributed by atoms with van der Waals surface area (Å²) in [6.45, 7) is 5.97. The fourth-order valence-electron chi connectivity index (χ4n) is 2.95. The smallest absolute Gasteiger partial charge is 0.273 e. The van der Waals surface area contributed by atoms with Crippen LogP contribution in [-0.4, -0.2) is 61.4 Å². The molecular weight excluding hydrogens is 316 g/mol. The molecule has 2 aromatic heterocycles. The third-order valence-corrected chi connectivity index (χ3v) is 4.54. The minimum Gasteiger partial charge on any atom is -0.335 e. The molecule has 0 atom stereocenters. The Labute approximate surface area is 140 Å². The predicted octanol–water partition coefficient (Wildman–Crippen LogP) is 1.07. The lowest BCUT2D eigenvalue weighted by atomic mass is 10.2. The molecule has 1 amide bonds. The van der Waals surface area contributed by atoms with E-state index in [0.717, 1.165) is 25.3 Å². The van der Waals surface area contributed by atoms with Gasteiger partial charge in [-0.3, -0.25) is 19.1 Å². The van der Waals surface area contributed by atoms with Crippen molar-refractivity contribution in [1.82, 2.24) is 29.4 Å². The van der Waals surface area contributed by atoms with Crippen LogP contribution in [0.25, 0.3) is 0 Å². The first-order chi connectivity index (χ1) is 11.0. The van der Waals surface area contributed by atoms with Crippen molar-refractivity contribution in [2.75, 3.05) is 26.2 Å². The molecule has 1 fully saturated rings. The number of halogens is 1. The monoisotopic (exact) mass is 336 g/mol. The van der Waals surface area contributed by atoms with Crippen LogP contribution < -0.4 is 0 Å². The van der Waals surface area contributed by atoms with Crippen LogP contribution in [0.15, 0.2) is 12.4 Å². The van der Waals surface area contributed by atoms with E-state index in [1.807, 2.05) is 23.6 Å². The molecule has 7 nitrogen and oxygen atoms in total. The number of hydrogen-bond donors (Lipinski definition) is 0. The number of aromatic nitrogens is 4. The van der Waals surface area contributed by atoms with Gasteiger partial charge in [0.25, 0.3) is 5.91 Å². The van der Waals surface area contributed by atoms with Crippen molar-refractivity contribution in [2.24, 2.45) is 14.1 Å². The molecule has 124 valence electrons. The first-order valence-electron chi connectivity index (χ1n) is 7.64.